The molecule has 3 rings (SSSR count). The van der Waals surface area contributed by atoms with Crippen LogP contribution in [0.5, 0.6) is 0 Å². The number of halogens is 1. The summed E-state index contributed by atoms with van der Waals surface area (Å²) in [6, 6.07) is 8.01. The third kappa shape index (κ3) is 3.83. The molecule has 1 aromatic carbocycles. The normalized spacial score (nSPS) is 28.5. The molecule has 2 nitrogen and oxygen atoms in total. The van der Waals surface area contributed by atoms with Gasteiger partial charge in [-0.25, -0.2) is 4.39 Å². The summed E-state index contributed by atoms with van der Waals surface area (Å²) in [6.45, 7) is 4.46. The molecule has 1 saturated heterocycles. The maximum Gasteiger partial charge on any atom is 0.123 e. The van der Waals surface area contributed by atoms with Crippen LogP contribution >= 0.6 is 0 Å². The molecule has 3 unspecified atom stereocenters. The summed E-state index contributed by atoms with van der Waals surface area (Å²) >= 11 is 0. The van der Waals surface area contributed by atoms with Gasteiger partial charge in [0.15, 0.2) is 0 Å². The number of piperidine rings is 1. The van der Waals surface area contributed by atoms with Crippen molar-refractivity contribution < 1.29 is 4.39 Å². The van der Waals surface area contributed by atoms with Gasteiger partial charge in [-0.3, -0.25) is 4.90 Å². The molecule has 2 N–H and O–H groups in total. The standard InChI is InChI=1S/C18H27FN2/c1-2-18(15-6-7-15)21-11-14(10-17(20)12-21)8-13-4-3-5-16(19)9-13/h3-5,9,14-15,17-18H,2,6-8,10-12,20H2,1H3. The molecule has 2 aliphatic rings. The van der Waals surface area contributed by atoms with Gasteiger partial charge in [0.1, 0.15) is 5.82 Å². The topological polar surface area (TPSA) is 29.3 Å². The third-order valence-electron chi connectivity index (χ3n) is 5.06. The van der Waals surface area contributed by atoms with E-state index in [0.29, 0.717) is 12.0 Å². The zero-order valence-electron chi connectivity index (χ0n) is 13.0. The highest BCUT2D eigenvalue weighted by Crippen LogP contribution is 2.38. The Bertz CT molecular complexity index is 472. The van der Waals surface area contributed by atoms with Gasteiger partial charge in [0.2, 0.25) is 0 Å². The molecule has 1 aromatic rings. The van der Waals surface area contributed by atoms with E-state index < -0.39 is 0 Å². The first-order valence-corrected chi connectivity index (χ1v) is 8.39. The summed E-state index contributed by atoms with van der Waals surface area (Å²) in [5.74, 6) is 1.33. The maximum atomic E-state index is 13.3. The van der Waals surface area contributed by atoms with E-state index in [9.17, 15) is 4.39 Å². The van der Waals surface area contributed by atoms with Crippen molar-refractivity contribution in [1.82, 2.24) is 4.90 Å². The molecule has 0 aromatic heterocycles. The van der Waals surface area contributed by atoms with Gasteiger partial charge in [-0.15, -0.1) is 0 Å². The van der Waals surface area contributed by atoms with Crippen LogP contribution in [0.4, 0.5) is 4.39 Å². The van der Waals surface area contributed by atoms with E-state index >= 15 is 0 Å². The minimum atomic E-state index is -0.131. The van der Waals surface area contributed by atoms with E-state index in [0.717, 1.165) is 37.4 Å². The smallest absolute Gasteiger partial charge is 0.123 e. The second kappa shape index (κ2) is 6.45. The molecule has 0 radical (unpaired) electrons. The molecule has 0 bridgehead atoms. The van der Waals surface area contributed by atoms with Crippen LogP contribution in [0.3, 0.4) is 0 Å². The lowest BCUT2D eigenvalue weighted by molar-refractivity contribution is 0.0942. The molecule has 3 atom stereocenters. The van der Waals surface area contributed by atoms with Crippen molar-refractivity contribution in [1.29, 1.82) is 0 Å². The summed E-state index contributed by atoms with van der Waals surface area (Å²) in [4.78, 5) is 2.62. The van der Waals surface area contributed by atoms with Crippen LogP contribution in [0.15, 0.2) is 24.3 Å². The highest BCUT2D eigenvalue weighted by Gasteiger charge is 2.37. The van der Waals surface area contributed by atoms with E-state index in [-0.39, 0.29) is 11.9 Å². The third-order valence-corrected chi connectivity index (χ3v) is 5.06. The zero-order chi connectivity index (χ0) is 14.8. The van der Waals surface area contributed by atoms with E-state index in [1.165, 1.54) is 25.3 Å². The lowest BCUT2D eigenvalue weighted by Gasteiger charge is -2.41. The number of nitrogens with zero attached hydrogens (tertiary/aromatic N) is 1. The van der Waals surface area contributed by atoms with Gasteiger partial charge in [0.05, 0.1) is 0 Å². The van der Waals surface area contributed by atoms with Crippen LogP contribution in [0.2, 0.25) is 0 Å². The van der Waals surface area contributed by atoms with Crippen molar-refractivity contribution >= 4 is 0 Å². The average Bonchev–Trinajstić information content (AvgIpc) is 3.23. The van der Waals surface area contributed by atoms with E-state index in [1.807, 2.05) is 12.1 Å². The Morgan fingerprint density at radius 3 is 2.81 bits per heavy atom. The van der Waals surface area contributed by atoms with Gasteiger partial charge in [-0.2, -0.15) is 0 Å². The van der Waals surface area contributed by atoms with Crippen molar-refractivity contribution in [3.05, 3.63) is 35.6 Å². The molecule has 1 aliphatic heterocycles. The minimum absolute atomic E-state index is 0.131. The second-order valence-corrected chi connectivity index (χ2v) is 6.96. The molecule has 0 spiro atoms. The van der Waals surface area contributed by atoms with Crippen LogP contribution in [-0.4, -0.2) is 30.1 Å². The van der Waals surface area contributed by atoms with Gasteiger partial charge in [0.25, 0.3) is 0 Å². The maximum absolute atomic E-state index is 13.3. The monoisotopic (exact) mass is 290 g/mol. The number of hydrogen-bond donors (Lipinski definition) is 1. The molecule has 21 heavy (non-hydrogen) atoms. The Balaban J connectivity index is 1.65. The van der Waals surface area contributed by atoms with Gasteiger partial charge in [-0.1, -0.05) is 19.1 Å². The number of hydrogen-bond acceptors (Lipinski definition) is 2. The molecule has 116 valence electrons. The summed E-state index contributed by atoms with van der Waals surface area (Å²) < 4.78 is 13.3. The Hall–Kier alpha value is -0.930. The van der Waals surface area contributed by atoms with E-state index in [2.05, 4.69) is 11.8 Å². The summed E-state index contributed by atoms with van der Waals surface area (Å²) in [6.07, 6.45) is 6.01. The molecule has 0 amide bonds. The highest BCUT2D eigenvalue weighted by atomic mass is 19.1. The van der Waals surface area contributed by atoms with Crippen molar-refractivity contribution in [2.24, 2.45) is 17.6 Å². The predicted octanol–water partition coefficient (Wildman–Crippen LogP) is 3.21. The zero-order valence-corrected chi connectivity index (χ0v) is 13.0. The van der Waals surface area contributed by atoms with Crippen LogP contribution in [0.1, 0.15) is 38.2 Å². The molecular formula is C18H27FN2. The highest BCUT2D eigenvalue weighted by molar-refractivity contribution is 5.17. The molecule has 1 aliphatic carbocycles. The fourth-order valence-corrected chi connectivity index (χ4v) is 4.07. The van der Waals surface area contributed by atoms with Crippen molar-refractivity contribution in [2.75, 3.05) is 13.1 Å². The predicted molar refractivity (Wildman–Crippen MR) is 84.6 cm³/mol. The van der Waals surface area contributed by atoms with Crippen molar-refractivity contribution in [3.8, 4) is 0 Å². The Morgan fingerprint density at radius 1 is 1.33 bits per heavy atom. The van der Waals surface area contributed by atoms with Gasteiger partial charge >= 0.3 is 0 Å². The Kier molecular flexibility index (Phi) is 4.60. The van der Waals surface area contributed by atoms with Crippen molar-refractivity contribution in [2.45, 2.75) is 51.1 Å². The summed E-state index contributed by atoms with van der Waals surface area (Å²) in [5, 5.41) is 0. The number of likely N-dealkylation sites (tertiary alicyclic amines) is 1. The Morgan fingerprint density at radius 2 is 2.14 bits per heavy atom. The molecule has 1 heterocycles. The fourth-order valence-electron chi connectivity index (χ4n) is 4.07. The summed E-state index contributed by atoms with van der Waals surface area (Å²) in [7, 11) is 0. The molecule has 1 saturated carbocycles. The first-order chi connectivity index (χ1) is 10.2. The van der Waals surface area contributed by atoms with Crippen LogP contribution in [0.25, 0.3) is 0 Å². The number of nitrogens with two attached hydrogens (primary N) is 1. The quantitative estimate of drug-likeness (QED) is 0.902. The lowest BCUT2D eigenvalue weighted by Crippen LogP contribution is -2.52. The minimum Gasteiger partial charge on any atom is -0.327 e. The average molecular weight is 290 g/mol. The molecular weight excluding hydrogens is 263 g/mol. The fraction of sp³-hybridized carbons (Fsp3) is 0.667. The first-order valence-electron chi connectivity index (χ1n) is 8.39. The first kappa shape index (κ1) is 15.0. The van der Waals surface area contributed by atoms with Crippen LogP contribution in [0, 0.1) is 17.7 Å². The van der Waals surface area contributed by atoms with Crippen LogP contribution < -0.4 is 5.73 Å². The van der Waals surface area contributed by atoms with E-state index in [4.69, 9.17) is 5.73 Å². The lowest BCUT2D eigenvalue weighted by atomic mass is 9.87. The van der Waals surface area contributed by atoms with Gasteiger partial charge < -0.3 is 5.73 Å². The largest absolute Gasteiger partial charge is 0.327 e. The van der Waals surface area contributed by atoms with Gasteiger partial charge in [0, 0.05) is 25.2 Å². The Labute approximate surface area is 127 Å². The van der Waals surface area contributed by atoms with Crippen LogP contribution in [-0.2, 0) is 6.42 Å². The SMILES string of the molecule is CCC(C1CC1)N1CC(N)CC(Cc2cccc(F)c2)C1. The second-order valence-electron chi connectivity index (χ2n) is 6.96. The molecule has 3 heteroatoms. The number of rotatable bonds is 5. The van der Waals surface area contributed by atoms with Gasteiger partial charge in [-0.05, 0) is 61.6 Å². The molecule has 2 fully saturated rings. The van der Waals surface area contributed by atoms with Crippen molar-refractivity contribution in [3.63, 3.8) is 0 Å². The summed E-state index contributed by atoms with van der Waals surface area (Å²) in [5.41, 5.74) is 7.40. The van der Waals surface area contributed by atoms with E-state index in [1.54, 1.807) is 6.07 Å². The number of benzene rings is 1.